The molecule has 0 spiro atoms. The second kappa shape index (κ2) is 3.83. The average molecular weight is 230 g/mol. The van der Waals surface area contributed by atoms with E-state index in [0.717, 1.165) is 0 Å². The number of nitriles is 1. The van der Waals surface area contributed by atoms with E-state index >= 15 is 0 Å². The SMILES string of the molecule is CC1(C)OB(c2ncccc2C#N)OC1(C)C. The van der Waals surface area contributed by atoms with Crippen LogP contribution in [0.25, 0.3) is 0 Å². The fraction of sp³-hybridized carbons (Fsp3) is 0.500. The summed E-state index contributed by atoms with van der Waals surface area (Å²) in [6, 6.07) is 5.55. The molecule has 2 rings (SSSR count). The van der Waals surface area contributed by atoms with Crippen molar-refractivity contribution in [1.82, 2.24) is 4.98 Å². The summed E-state index contributed by atoms with van der Waals surface area (Å²) in [7, 11) is -0.573. The van der Waals surface area contributed by atoms with Crippen LogP contribution in [-0.4, -0.2) is 23.3 Å². The fourth-order valence-electron chi connectivity index (χ4n) is 1.65. The molecule has 0 aromatic carbocycles. The van der Waals surface area contributed by atoms with Gasteiger partial charge in [0.2, 0.25) is 0 Å². The maximum absolute atomic E-state index is 9.04. The minimum Gasteiger partial charge on any atom is -0.398 e. The summed E-state index contributed by atoms with van der Waals surface area (Å²) in [6.45, 7) is 7.90. The molecule has 1 fully saturated rings. The molecule has 0 saturated carbocycles. The lowest BCUT2D eigenvalue weighted by molar-refractivity contribution is 0.00578. The first-order valence-electron chi connectivity index (χ1n) is 5.58. The number of rotatable bonds is 1. The van der Waals surface area contributed by atoms with E-state index in [2.05, 4.69) is 11.1 Å². The van der Waals surface area contributed by atoms with Crippen molar-refractivity contribution >= 4 is 12.7 Å². The minimum absolute atomic E-state index is 0.415. The van der Waals surface area contributed by atoms with E-state index in [4.69, 9.17) is 14.6 Å². The second-order valence-corrected chi connectivity index (χ2v) is 5.14. The van der Waals surface area contributed by atoms with Crippen molar-refractivity contribution in [3.8, 4) is 6.07 Å². The fourth-order valence-corrected chi connectivity index (χ4v) is 1.65. The Morgan fingerprint density at radius 3 is 2.35 bits per heavy atom. The molecular formula is C12H15BN2O2. The summed E-state index contributed by atoms with van der Waals surface area (Å²) in [5, 5.41) is 9.04. The molecule has 1 aromatic heterocycles. The Morgan fingerprint density at radius 2 is 1.82 bits per heavy atom. The normalized spacial score (nSPS) is 21.2. The van der Waals surface area contributed by atoms with Gasteiger partial charge in [-0.15, -0.1) is 0 Å². The predicted octanol–water partition coefficient (Wildman–Crippen LogP) is 1.25. The highest BCUT2D eigenvalue weighted by Crippen LogP contribution is 2.36. The van der Waals surface area contributed by atoms with E-state index < -0.39 is 18.3 Å². The van der Waals surface area contributed by atoms with E-state index in [-0.39, 0.29) is 0 Å². The van der Waals surface area contributed by atoms with Crippen LogP contribution in [0.1, 0.15) is 33.3 Å². The maximum atomic E-state index is 9.04. The van der Waals surface area contributed by atoms with Gasteiger partial charge >= 0.3 is 7.12 Å². The van der Waals surface area contributed by atoms with E-state index in [1.807, 2.05) is 27.7 Å². The van der Waals surface area contributed by atoms with Gasteiger partial charge in [0, 0.05) is 6.20 Å². The van der Waals surface area contributed by atoms with Crippen LogP contribution in [0.4, 0.5) is 0 Å². The van der Waals surface area contributed by atoms with Gasteiger partial charge in [-0.3, -0.25) is 4.98 Å². The van der Waals surface area contributed by atoms with Crippen molar-refractivity contribution < 1.29 is 9.31 Å². The lowest BCUT2D eigenvalue weighted by Crippen LogP contribution is -2.41. The van der Waals surface area contributed by atoms with E-state index in [0.29, 0.717) is 11.2 Å². The molecule has 0 unspecified atom stereocenters. The van der Waals surface area contributed by atoms with Crippen LogP contribution < -0.4 is 5.59 Å². The van der Waals surface area contributed by atoms with Crippen LogP contribution in [0, 0.1) is 11.3 Å². The topological polar surface area (TPSA) is 55.1 Å². The lowest BCUT2D eigenvalue weighted by Gasteiger charge is -2.32. The van der Waals surface area contributed by atoms with Gasteiger partial charge in [0.05, 0.1) is 22.4 Å². The first-order valence-corrected chi connectivity index (χ1v) is 5.58. The summed E-state index contributed by atoms with van der Waals surface area (Å²) in [5.74, 6) is 0. The van der Waals surface area contributed by atoms with Gasteiger partial charge in [0.15, 0.2) is 0 Å². The van der Waals surface area contributed by atoms with E-state index in [1.165, 1.54) is 0 Å². The molecule has 5 heteroatoms. The number of hydrogen-bond donors (Lipinski definition) is 0. The number of hydrogen-bond acceptors (Lipinski definition) is 4. The summed E-state index contributed by atoms with van der Waals surface area (Å²) in [5.41, 5.74) is 0.212. The van der Waals surface area contributed by atoms with E-state index in [1.54, 1.807) is 18.3 Å². The smallest absolute Gasteiger partial charge is 0.398 e. The van der Waals surface area contributed by atoms with Crippen LogP contribution in [0.3, 0.4) is 0 Å². The van der Waals surface area contributed by atoms with Crippen LogP contribution in [0.5, 0.6) is 0 Å². The third-order valence-corrected chi connectivity index (χ3v) is 3.44. The largest absolute Gasteiger partial charge is 0.515 e. The van der Waals surface area contributed by atoms with Crippen LogP contribution >= 0.6 is 0 Å². The quantitative estimate of drug-likeness (QED) is 0.681. The minimum atomic E-state index is -0.573. The Morgan fingerprint density at radius 1 is 1.24 bits per heavy atom. The molecule has 1 aliphatic rings. The highest BCUT2D eigenvalue weighted by atomic mass is 16.7. The summed E-state index contributed by atoms with van der Waals surface area (Å²) in [4.78, 5) is 4.19. The highest BCUT2D eigenvalue weighted by Gasteiger charge is 2.52. The van der Waals surface area contributed by atoms with Gasteiger partial charge < -0.3 is 9.31 Å². The van der Waals surface area contributed by atoms with Crippen LogP contribution in [0.2, 0.25) is 0 Å². The zero-order valence-electron chi connectivity index (χ0n) is 10.5. The third kappa shape index (κ3) is 1.94. The van der Waals surface area contributed by atoms with Crippen molar-refractivity contribution in [3.05, 3.63) is 23.9 Å². The first kappa shape index (κ1) is 12.1. The van der Waals surface area contributed by atoms with Crippen molar-refractivity contribution in [3.63, 3.8) is 0 Å². The summed E-state index contributed by atoms with van der Waals surface area (Å²) < 4.78 is 11.7. The molecule has 0 radical (unpaired) electrons. The molecule has 0 N–H and O–H groups in total. The second-order valence-electron chi connectivity index (χ2n) is 5.14. The van der Waals surface area contributed by atoms with Gasteiger partial charge in [-0.05, 0) is 39.8 Å². The Hall–Kier alpha value is -1.38. The lowest BCUT2D eigenvalue weighted by atomic mass is 9.81. The monoisotopic (exact) mass is 230 g/mol. The van der Waals surface area contributed by atoms with Gasteiger partial charge in [-0.1, -0.05) is 0 Å². The molecule has 2 heterocycles. The average Bonchev–Trinajstić information content (AvgIpc) is 2.48. The van der Waals surface area contributed by atoms with Gasteiger partial charge in [-0.2, -0.15) is 5.26 Å². The number of aromatic nitrogens is 1. The molecule has 1 aliphatic heterocycles. The molecule has 1 saturated heterocycles. The van der Waals surface area contributed by atoms with E-state index in [9.17, 15) is 0 Å². The molecular weight excluding hydrogens is 215 g/mol. The molecule has 0 bridgehead atoms. The molecule has 0 aliphatic carbocycles. The maximum Gasteiger partial charge on any atom is 0.515 e. The molecule has 4 nitrogen and oxygen atoms in total. The zero-order chi connectivity index (χ0) is 12.7. The zero-order valence-corrected chi connectivity index (χ0v) is 10.5. The Bertz CT molecular complexity index is 464. The molecule has 0 atom stereocenters. The van der Waals surface area contributed by atoms with Gasteiger partial charge in [0.25, 0.3) is 0 Å². The molecule has 17 heavy (non-hydrogen) atoms. The van der Waals surface area contributed by atoms with Gasteiger partial charge in [0.1, 0.15) is 6.07 Å². The third-order valence-electron chi connectivity index (χ3n) is 3.44. The van der Waals surface area contributed by atoms with Crippen molar-refractivity contribution in [2.75, 3.05) is 0 Å². The molecule has 0 amide bonds. The number of pyridine rings is 1. The first-order chi connectivity index (χ1) is 7.87. The standard InChI is InChI=1S/C12H15BN2O2/c1-11(2)12(3,4)17-13(16-11)10-9(8-14)6-5-7-15-10/h5-7H,1-4H3. The number of nitrogens with zero attached hydrogens (tertiary/aromatic N) is 2. The summed E-state index contributed by atoms with van der Waals surface area (Å²) >= 11 is 0. The Kier molecular flexibility index (Phi) is 2.72. The predicted molar refractivity (Wildman–Crippen MR) is 64.7 cm³/mol. The summed E-state index contributed by atoms with van der Waals surface area (Å²) in [6.07, 6.45) is 1.64. The Labute approximate surface area is 102 Å². The van der Waals surface area contributed by atoms with Gasteiger partial charge in [-0.25, -0.2) is 0 Å². The molecule has 1 aromatic rings. The Balaban J connectivity index is 2.36. The van der Waals surface area contributed by atoms with Crippen molar-refractivity contribution in [2.45, 2.75) is 38.9 Å². The van der Waals surface area contributed by atoms with Crippen molar-refractivity contribution in [1.29, 1.82) is 5.26 Å². The molecule has 88 valence electrons. The van der Waals surface area contributed by atoms with Crippen LogP contribution in [0.15, 0.2) is 18.3 Å². The highest BCUT2D eigenvalue weighted by molar-refractivity contribution is 6.61. The van der Waals surface area contributed by atoms with Crippen LogP contribution in [-0.2, 0) is 9.31 Å². The van der Waals surface area contributed by atoms with Crippen molar-refractivity contribution in [2.24, 2.45) is 0 Å².